The molecule has 1 fully saturated rings. The lowest BCUT2D eigenvalue weighted by Gasteiger charge is -2.29. The van der Waals surface area contributed by atoms with Gasteiger partial charge in [-0.15, -0.1) is 0 Å². The summed E-state index contributed by atoms with van der Waals surface area (Å²) in [6.45, 7) is 5.94. The smallest absolute Gasteiger partial charge is 0.231 e. The number of hydrogen-bond acceptors (Lipinski definition) is 4. The first-order valence-corrected chi connectivity index (χ1v) is 10.4. The number of ether oxygens (including phenoxy) is 3. The summed E-state index contributed by atoms with van der Waals surface area (Å²) in [5.74, 6) is 2.66. The normalized spacial score (nSPS) is 20.4. The van der Waals surface area contributed by atoms with E-state index in [2.05, 4.69) is 17.1 Å². The summed E-state index contributed by atoms with van der Waals surface area (Å²) in [7, 11) is 1.65. The molecule has 0 aliphatic carbocycles. The molecule has 0 bridgehead atoms. The summed E-state index contributed by atoms with van der Waals surface area (Å²) in [4.78, 5) is 19.0. The highest BCUT2D eigenvalue weighted by Gasteiger charge is 2.26. The molecule has 5 rings (SSSR count). The van der Waals surface area contributed by atoms with E-state index >= 15 is 0 Å². The van der Waals surface area contributed by atoms with Crippen LogP contribution in [0.4, 0.5) is 0 Å². The van der Waals surface area contributed by atoms with Gasteiger partial charge >= 0.3 is 0 Å². The zero-order valence-electron chi connectivity index (χ0n) is 17.1. The maximum absolute atomic E-state index is 12.9. The van der Waals surface area contributed by atoms with Crippen molar-refractivity contribution < 1.29 is 28.8 Å². The summed E-state index contributed by atoms with van der Waals surface area (Å²) >= 11 is 0. The molecule has 2 aromatic carbocycles. The van der Waals surface area contributed by atoms with Gasteiger partial charge in [-0.2, -0.15) is 0 Å². The zero-order chi connectivity index (χ0) is 20.5. The van der Waals surface area contributed by atoms with Crippen molar-refractivity contribution in [3.8, 4) is 17.2 Å². The summed E-state index contributed by atoms with van der Waals surface area (Å²) in [5.41, 5.74) is 2.98. The van der Waals surface area contributed by atoms with E-state index in [9.17, 15) is 4.79 Å². The maximum Gasteiger partial charge on any atom is 0.231 e. The van der Waals surface area contributed by atoms with Gasteiger partial charge in [0.05, 0.1) is 7.11 Å². The lowest BCUT2D eigenvalue weighted by molar-refractivity contribution is -1.01. The molecule has 2 aliphatic heterocycles. The van der Waals surface area contributed by atoms with Crippen LogP contribution < -0.4 is 24.0 Å². The van der Waals surface area contributed by atoms with Crippen LogP contribution in [0, 0.1) is 0 Å². The van der Waals surface area contributed by atoms with E-state index in [1.807, 2.05) is 30.5 Å². The Balaban J connectivity index is 1.17. The highest BCUT2D eigenvalue weighted by Crippen LogP contribution is 2.32. The molecule has 1 aromatic heterocycles. The second kappa shape index (κ2) is 8.01. The first-order valence-electron chi connectivity index (χ1n) is 10.4. The number of ketones is 1. The highest BCUT2D eigenvalue weighted by molar-refractivity contribution is 6.08. The Labute approximate surface area is 175 Å². The van der Waals surface area contributed by atoms with E-state index in [0.29, 0.717) is 13.3 Å². The number of hydrogen-bond donors (Lipinski definition) is 3. The van der Waals surface area contributed by atoms with Gasteiger partial charge in [0.2, 0.25) is 12.6 Å². The molecule has 0 spiro atoms. The minimum absolute atomic E-state index is 0.195. The number of methoxy groups -OCH3 is 1. The number of quaternary nitrogens is 2. The maximum atomic E-state index is 12.9. The lowest BCUT2D eigenvalue weighted by Crippen LogP contribution is -3.27. The van der Waals surface area contributed by atoms with Crippen LogP contribution in [0.25, 0.3) is 10.9 Å². The SMILES string of the molecule is COc1ccc2c(C(=O)C[NH+]3CC[NH+](Cc4ccc5c(c4)OCO5)CC3)c[nH]c2c1. The standard InChI is InChI=1S/C23H25N3O4/c1-28-17-3-4-18-19(12-24-20(18)11-17)21(27)14-26-8-6-25(7-9-26)13-16-2-5-22-23(10-16)30-15-29-22/h2-5,10-12,24H,6-9,13-15H2,1H3/p+2. The Morgan fingerprint density at radius 1 is 1.03 bits per heavy atom. The van der Waals surface area contributed by atoms with Crippen LogP contribution in [0.3, 0.4) is 0 Å². The number of aromatic nitrogens is 1. The molecule has 0 atom stereocenters. The van der Waals surface area contributed by atoms with Crippen LogP contribution in [0.15, 0.2) is 42.6 Å². The van der Waals surface area contributed by atoms with Crippen LogP contribution >= 0.6 is 0 Å². The Kier molecular flexibility index (Phi) is 5.06. The Morgan fingerprint density at radius 2 is 1.83 bits per heavy atom. The Hall–Kier alpha value is -3.03. The average molecular weight is 409 g/mol. The zero-order valence-corrected chi connectivity index (χ0v) is 17.1. The fraction of sp³-hybridized carbons (Fsp3) is 0.348. The van der Waals surface area contributed by atoms with Crippen LogP contribution in [0.2, 0.25) is 0 Å². The highest BCUT2D eigenvalue weighted by atomic mass is 16.7. The number of nitrogens with one attached hydrogen (secondary N) is 3. The topological polar surface area (TPSA) is 69.4 Å². The molecule has 30 heavy (non-hydrogen) atoms. The van der Waals surface area contributed by atoms with Gasteiger partial charge in [0.1, 0.15) is 45.0 Å². The van der Waals surface area contributed by atoms with Gasteiger partial charge in [0.25, 0.3) is 0 Å². The fourth-order valence-corrected chi connectivity index (χ4v) is 4.44. The molecule has 0 amide bonds. The number of Topliss-reactive ketones (excluding diaryl/α,β-unsaturated/α-hetero) is 1. The number of carbonyl (C=O) groups is 1. The van der Waals surface area contributed by atoms with Gasteiger partial charge in [-0.1, -0.05) is 0 Å². The van der Waals surface area contributed by atoms with Crippen molar-refractivity contribution in [2.45, 2.75) is 6.54 Å². The van der Waals surface area contributed by atoms with Crippen molar-refractivity contribution in [3.63, 3.8) is 0 Å². The van der Waals surface area contributed by atoms with Gasteiger partial charge < -0.3 is 29.0 Å². The third-order valence-corrected chi connectivity index (χ3v) is 6.16. The predicted molar refractivity (Wildman–Crippen MR) is 112 cm³/mol. The van der Waals surface area contributed by atoms with E-state index in [-0.39, 0.29) is 5.78 Å². The van der Waals surface area contributed by atoms with Gasteiger partial charge in [0.15, 0.2) is 11.5 Å². The summed E-state index contributed by atoms with van der Waals surface area (Å²) < 4.78 is 16.1. The van der Waals surface area contributed by atoms with E-state index in [4.69, 9.17) is 14.2 Å². The van der Waals surface area contributed by atoms with Crippen molar-refractivity contribution in [2.75, 3.05) is 46.6 Å². The molecule has 0 saturated carbocycles. The van der Waals surface area contributed by atoms with Crippen molar-refractivity contribution >= 4 is 16.7 Å². The molecule has 3 N–H and O–H groups in total. The lowest BCUT2D eigenvalue weighted by atomic mass is 10.1. The Bertz CT molecular complexity index is 1070. The molecule has 156 valence electrons. The minimum atomic E-state index is 0.195. The first kappa shape index (κ1) is 19.0. The van der Waals surface area contributed by atoms with E-state index < -0.39 is 0 Å². The predicted octanol–water partition coefficient (Wildman–Crippen LogP) is 0.0715. The quantitative estimate of drug-likeness (QED) is 0.504. The van der Waals surface area contributed by atoms with E-state index in [0.717, 1.165) is 66.4 Å². The molecule has 0 unspecified atom stereocenters. The van der Waals surface area contributed by atoms with Crippen molar-refractivity contribution in [1.29, 1.82) is 0 Å². The summed E-state index contributed by atoms with van der Waals surface area (Å²) in [5, 5.41) is 0.965. The molecular weight excluding hydrogens is 382 g/mol. The van der Waals surface area contributed by atoms with Gasteiger partial charge in [-0.25, -0.2) is 0 Å². The van der Waals surface area contributed by atoms with Gasteiger partial charge in [-0.3, -0.25) is 4.79 Å². The number of piperazine rings is 1. The third-order valence-electron chi connectivity index (χ3n) is 6.16. The number of H-pyrrole nitrogens is 1. The molecule has 3 heterocycles. The van der Waals surface area contributed by atoms with Crippen LogP contribution in [-0.2, 0) is 6.54 Å². The molecular formula is C23H27N3O4+2. The number of fused-ring (bicyclic) bond motifs is 2. The van der Waals surface area contributed by atoms with E-state index in [1.54, 1.807) is 12.0 Å². The van der Waals surface area contributed by atoms with Crippen molar-refractivity contribution in [1.82, 2.24) is 4.98 Å². The molecule has 2 aliphatic rings. The van der Waals surface area contributed by atoms with Gasteiger partial charge in [-0.05, 0) is 30.3 Å². The molecule has 7 nitrogen and oxygen atoms in total. The van der Waals surface area contributed by atoms with Crippen molar-refractivity contribution in [3.05, 3.63) is 53.7 Å². The minimum Gasteiger partial charge on any atom is -0.497 e. The average Bonchev–Trinajstić information content (AvgIpc) is 3.41. The van der Waals surface area contributed by atoms with Gasteiger partial charge in [0, 0.05) is 34.3 Å². The van der Waals surface area contributed by atoms with E-state index in [1.165, 1.54) is 10.5 Å². The largest absolute Gasteiger partial charge is 0.497 e. The molecule has 3 aromatic rings. The molecule has 7 heteroatoms. The van der Waals surface area contributed by atoms with Crippen LogP contribution in [-0.4, -0.2) is 57.4 Å². The molecule has 1 saturated heterocycles. The van der Waals surface area contributed by atoms with Crippen molar-refractivity contribution in [2.24, 2.45) is 0 Å². The number of benzene rings is 2. The second-order valence-electron chi connectivity index (χ2n) is 8.08. The monoisotopic (exact) mass is 409 g/mol. The van der Waals surface area contributed by atoms with Crippen LogP contribution in [0.1, 0.15) is 15.9 Å². The second-order valence-corrected chi connectivity index (χ2v) is 8.08. The first-order chi connectivity index (χ1) is 14.7. The van der Waals surface area contributed by atoms with Crippen LogP contribution in [0.5, 0.6) is 17.2 Å². The summed E-state index contributed by atoms with van der Waals surface area (Å²) in [6.07, 6.45) is 1.83. The number of carbonyl (C=O) groups excluding carboxylic acids is 1. The fourth-order valence-electron chi connectivity index (χ4n) is 4.44. The molecule has 0 radical (unpaired) electrons. The number of aromatic amines is 1. The Morgan fingerprint density at radius 3 is 2.67 bits per heavy atom. The number of rotatable bonds is 6. The summed E-state index contributed by atoms with van der Waals surface area (Å²) in [6, 6.07) is 12.0. The third kappa shape index (κ3) is 3.74.